The quantitative estimate of drug-likeness (QED) is 0.698. The summed E-state index contributed by atoms with van der Waals surface area (Å²) in [4.78, 5) is 14.5. The smallest absolute Gasteiger partial charge is 0.421 e. The van der Waals surface area contributed by atoms with E-state index in [0.29, 0.717) is 18.3 Å². The van der Waals surface area contributed by atoms with Gasteiger partial charge in [-0.2, -0.15) is 0 Å². The Bertz CT molecular complexity index is 891. The van der Waals surface area contributed by atoms with Gasteiger partial charge < -0.3 is 9.15 Å². The second kappa shape index (κ2) is 6.17. The number of hydrogen-bond donors (Lipinski definition) is 0. The van der Waals surface area contributed by atoms with Gasteiger partial charge in [-0.25, -0.2) is 4.79 Å². The van der Waals surface area contributed by atoms with Gasteiger partial charge >= 0.3 is 5.76 Å². The lowest BCUT2D eigenvalue weighted by Gasteiger charge is -2.22. The van der Waals surface area contributed by atoms with E-state index < -0.39 is 0 Å². The van der Waals surface area contributed by atoms with Crippen LogP contribution in [0.2, 0.25) is 0 Å². The first kappa shape index (κ1) is 15.0. The van der Waals surface area contributed by atoms with Crippen LogP contribution in [0.5, 0.6) is 5.75 Å². The first-order valence-corrected chi connectivity index (χ1v) is 8.20. The lowest BCUT2D eigenvalue weighted by Crippen LogP contribution is -2.31. The maximum atomic E-state index is 12.2. The highest BCUT2D eigenvalue weighted by molar-refractivity contribution is 5.72. The van der Waals surface area contributed by atoms with Gasteiger partial charge in [0, 0.05) is 12.6 Å². The van der Waals surface area contributed by atoms with Gasteiger partial charge in [-0.1, -0.05) is 24.3 Å². The molecule has 3 aromatic rings. The Morgan fingerprint density at radius 1 is 1.17 bits per heavy atom. The van der Waals surface area contributed by atoms with Crippen molar-refractivity contribution in [3.8, 4) is 5.75 Å². The Kier molecular flexibility index (Phi) is 3.86. The monoisotopic (exact) mass is 324 g/mol. The molecule has 5 heteroatoms. The predicted molar refractivity (Wildman–Crippen MR) is 92.0 cm³/mol. The zero-order valence-electron chi connectivity index (χ0n) is 13.6. The highest BCUT2D eigenvalue weighted by Gasteiger charge is 2.30. The third-order valence-electron chi connectivity index (χ3n) is 4.50. The predicted octanol–water partition coefficient (Wildman–Crippen LogP) is 3.23. The molecule has 1 aliphatic carbocycles. The molecule has 0 bridgehead atoms. The number of rotatable bonds is 6. The largest absolute Gasteiger partial charge is 0.497 e. The third kappa shape index (κ3) is 2.95. The van der Waals surface area contributed by atoms with E-state index in [1.165, 1.54) is 18.4 Å². The van der Waals surface area contributed by atoms with Gasteiger partial charge in [0.15, 0.2) is 5.58 Å². The van der Waals surface area contributed by atoms with Gasteiger partial charge in [-0.15, -0.1) is 0 Å². The van der Waals surface area contributed by atoms with E-state index >= 15 is 0 Å². The molecule has 0 saturated heterocycles. The van der Waals surface area contributed by atoms with Crippen molar-refractivity contribution in [1.82, 2.24) is 9.47 Å². The Morgan fingerprint density at radius 2 is 1.92 bits per heavy atom. The molecule has 0 spiro atoms. The Hall–Kier alpha value is -2.53. The minimum atomic E-state index is -0.295. The number of hydrogen-bond acceptors (Lipinski definition) is 4. The van der Waals surface area contributed by atoms with E-state index in [9.17, 15) is 4.79 Å². The van der Waals surface area contributed by atoms with Crippen LogP contribution in [0.15, 0.2) is 57.7 Å². The lowest BCUT2D eigenvalue weighted by atomic mass is 10.2. The highest BCUT2D eigenvalue weighted by atomic mass is 16.5. The van der Waals surface area contributed by atoms with Crippen LogP contribution in [-0.2, 0) is 13.2 Å². The van der Waals surface area contributed by atoms with Crippen molar-refractivity contribution in [2.75, 3.05) is 7.11 Å². The van der Waals surface area contributed by atoms with Crippen LogP contribution in [-0.4, -0.2) is 22.6 Å². The number of oxazole rings is 1. The molecule has 1 fully saturated rings. The van der Waals surface area contributed by atoms with Crippen molar-refractivity contribution < 1.29 is 9.15 Å². The number of aromatic nitrogens is 1. The van der Waals surface area contributed by atoms with E-state index in [0.717, 1.165) is 17.8 Å². The molecule has 24 heavy (non-hydrogen) atoms. The van der Waals surface area contributed by atoms with Crippen molar-refractivity contribution in [2.45, 2.75) is 32.1 Å². The highest BCUT2D eigenvalue weighted by Crippen LogP contribution is 2.29. The third-order valence-corrected chi connectivity index (χ3v) is 4.50. The fourth-order valence-corrected chi connectivity index (χ4v) is 3.03. The standard InChI is InChI=1S/C19H20N2O3/c1-23-16-10-6-14(7-11-16)12-20(15-8-9-15)13-21-17-4-2-3-5-18(17)24-19(21)22/h2-7,10-11,15H,8-9,12-13H2,1H3. The minimum Gasteiger partial charge on any atom is -0.497 e. The van der Waals surface area contributed by atoms with Crippen LogP contribution >= 0.6 is 0 Å². The molecule has 0 aliphatic heterocycles. The molecule has 0 radical (unpaired) electrons. The summed E-state index contributed by atoms with van der Waals surface area (Å²) in [5.41, 5.74) is 2.70. The van der Waals surface area contributed by atoms with Crippen molar-refractivity contribution in [2.24, 2.45) is 0 Å². The zero-order chi connectivity index (χ0) is 16.5. The van der Waals surface area contributed by atoms with Gasteiger partial charge in [-0.05, 0) is 42.7 Å². The average Bonchev–Trinajstić information content (AvgIpc) is 3.40. The lowest BCUT2D eigenvalue weighted by molar-refractivity contribution is 0.195. The Balaban J connectivity index is 1.59. The Morgan fingerprint density at radius 3 is 2.62 bits per heavy atom. The second-order valence-corrected chi connectivity index (χ2v) is 6.23. The molecule has 1 heterocycles. The van der Waals surface area contributed by atoms with Crippen LogP contribution in [0, 0.1) is 0 Å². The average molecular weight is 324 g/mol. The number of para-hydroxylation sites is 2. The van der Waals surface area contributed by atoms with Crippen molar-refractivity contribution in [1.29, 1.82) is 0 Å². The van der Waals surface area contributed by atoms with E-state index in [1.54, 1.807) is 11.7 Å². The molecule has 1 aliphatic rings. The fraction of sp³-hybridized carbons (Fsp3) is 0.316. The number of methoxy groups -OCH3 is 1. The molecule has 0 unspecified atom stereocenters. The van der Waals surface area contributed by atoms with Gasteiger partial charge in [0.1, 0.15) is 5.75 Å². The van der Waals surface area contributed by atoms with Gasteiger partial charge in [0.2, 0.25) is 0 Å². The minimum absolute atomic E-state index is 0.295. The molecule has 0 amide bonds. The van der Waals surface area contributed by atoms with Crippen molar-refractivity contribution >= 4 is 11.1 Å². The first-order valence-electron chi connectivity index (χ1n) is 8.20. The van der Waals surface area contributed by atoms with Crippen LogP contribution in [0.4, 0.5) is 0 Å². The molecule has 124 valence electrons. The molecular weight excluding hydrogens is 304 g/mol. The van der Waals surface area contributed by atoms with E-state index in [1.807, 2.05) is 36.4 Å². The van der Waals surface area contributed by atoms with E-state index in [4.69, 9.17) is 9.15 Å². The maximum absolute atomic E-state index is 12.2. The fourth-order valence-electron chi connectivity index (χ4n) is 3.03. The number of fused-ring (bicyclic) bond motifs is 1. The summed E-state index contributed by atoms with van der Waals surface area (Å²) in [7, 11) is 1.67. The topological polar surface area (TPSA) is 47.6 Å². The normalized spacial score (nSPS) is 14.4. The van der Waals surface area contributed by atoms with E-state index in [2.05, 4.69) is 17.0 Å². The van der Waals surface area contributed by atoms with E-state index in [-0.39, 0.29) is 5.76 Å². The summed E-state index contributed by atoms with van der Waals surface area (Å²) >= 11 is 0. The summed E-state index contributed by atoms with van der Waals surface area (Å²) in [5, 5.41) is 0. The van der Waals surface area contributed by atoms with Crippen LogP contribution in [0.3, 0.4) is 0 Å². The molecule has 5 nitrogen and oxygen atoms in total. The molecule has 2 aromatic carbocycles. The van der Waals surface area contributed by atoms with Crippen molar-refractivity contribution in [3.63, 3.8) is 0 Å². The molecule has 1 aromatic heterocycles. The molecular formula is C19H20N2O3. The summed E-state index contributed by atoms with van der Waals surface area (Å²) < 4.78 is 12.3. The zero-order valence-corrected chi connectivity index (χ0v) is 13.6. The number of benzene rings is 2. The number of ether oxygens (including phenoxy) is 1. The SMILES string of the molecule is COc1ccc(CN(Cn2c(=O)oc3ccccc32)C2CC2)cc1. The summed E-state index contributed by atoms with van der Waals surface area (Å²) in [6.45, 7) is 1.35. The van der Waals surface area contributed by atoms with Gasteiger partial charge in [-0.3, -0.25) is 9.47 Å². The summed E-state index contributed by atoms with van der Waals surface area (Å²) in [6.07, 6.45) is 2.36. The number of nitrogens with zero attached hydrogens (tertiary/aromatic N) is 2. The van der Waals surface area contributed by atoms with Crippen LogP contribution < -0.4 is 10.5 Å². The first-order chi connectivity index (χ1) is 11.7. The second-order valence-electron chi connectivity index (χ2n) is 6.23. The van der Waals surface area contributed by atoms with Crippen LogP contribution in [0.1, 0.15) is 18.4 Å². The molecule has 0 N–H and O–H groups in total. The van der Waals surface area contributed by atoms with Crippen LogP contribution in [0.25, 0.3) is 11.1 Å². The molecule has 4 rings (SSSR count). The molecule has 0 atom stereocenters. The molecule has 1 saturated carbocycles. The summed E-state index contributed by atoms with van der Waals surface area (Å²) in [5.74, 6) is 0.561. The maximum Gasteiger partial charge on any atom is 0.421 e. The Labute approximate surface area is 140 Å². The van der Waals surface area contributed by atoms with Crippen molar-refractivity contribution in [3.05, 3.63) is 64.6 Å². The van der Waals surface area contributed by atoms with Gasteiger partial charge in [0.05, 0.1) is 19.3 Å². The van der Waals surface area contributed by atoms with Gasteiger partial charge in [0.25, 0.3) is 0 Å². The summed E-state index contributed by atoms with van der Waals surface area (Å²) in [6, 6.07) is 16.2.